The summed E-state index contributed by atoms with van der Waals surface area (Å²) in [5, 5.41) is 20.8. The molecule has 3 aromatic heterocycles. The van der Waals surface area contributed by atoms with Crippen molar-refractivity contribution in [3.05, 3.63) is 41.5 Å². The zero-order valence-corrected chi connectivity index (χ0v) is 10.5. The lowest BCUT2D eigenvalue weighted by Gasteiger charge is -1.95. The number of aromatic nitrogens is 4. The molecule has 0 unspecified atom stereocenters. The molecule has 8 heteroatoms. The SMILES string of the molecule is Cc1oc(C(=O)O)cc1Cn1nnc(-c2ccco2)n1. The molecule has 0 saturated heterocycles. The molecule has 0 aliphatic heterocycles. The smallest absolute Gasteiger partial charge is 0.371 e. The van der Waals surface area contributed by atoms with Crippen LogP contribution in [0.2, 0.25) is 0 Å². The third-order valence-electron chi connectivity index (χ3n) is 2.74. The minimum atomic E-state index is -1.11. The minimum Gasteiger partial charge on any atom is -0.475 e. The van der Waals surface area contributed by atoms with E-state index in [4.69, 9.17) is 13.9 Å². The number of nitrogens with zero attached hydrogens (tertiary/aromatic N) is 4. The molecular weight excluding hydrogens is 264 g/mol. The molecule has 0 bridgehead atoms. The lowest BCUT2D eigenvalue weighted by molar-refractivity contribution is 0.0661. The molecule has 20 heavy (non-hydrogen) atoms. The lowest BCUT2D eigenvalue weighted by Crippen LogP contribution is -2.04. The average Bonchev–Trinajstić information content (AvgIpc) is 3.11. The number of tetrazole rings is 1. The highest BCUT2D eigenvalue weighted by Crippen LogP contribution is 2.17. The molecule has 3 aromatic rings. The van der Waals surface area contributed by atoms with Crippen molar-refractivity contribution in [1.29, 1.82) is 0 Å². The van der Waals surface area contributed by atoms with Gasteiger partial charge < -0.3 is 13.9 Å². The average molecular weight is 274 g/mol. The number of furan rings is 2. The second kappa shape index (κ2) is 4.65. The predicted octanol–water partition coefficient (Wildman–Crippen LogP) is 1.58. The minimum absolute atomic E-state index is 0.108. The Hall–Kier alpha value is -2.90. The van der Waals surface area contributed by atoms with E-state index in [2.05, 4.69) is 15.4 Å². The van der Waals surface area contributed by atoms with E-state index in [1.165, 1.54) is 17.1 Å². The summed E-state index contributed by atoms with van der Waals surface area (Å²) in [6, 6.07) is 4.91. The van der Waals surface area contributed by atoms with Crippen molar-refractivity contribution < 1.29 is 18.7 Å². The van der Waals surface area contributed by atoms with Gasteiger partial charge >= 0.3 is 5.97 Å². The van der Waals surface area contributed by atoms with Gasteiger partial charge in [0.1, 0.15) is 5.76 Å². The molecule has 102 valence electrons. The molecule has 0 aliphatic rings. The van der Waals surface area contributed by atoms with Gasteiger partial charge in [-0.25, -0.2) is 4.79 Å². The monoisotopic (exact) mass is 274 g/mol. The third-order valence-corrected chi connectivity index (χ3v) is 2.74. The van der Waals surface area contributed by atoms with Crippen LogP contribution in [0, 0.1) is 6.92 Å². The van der Waals surface area contributed by atoms with Crippen LogP contribution in [-0.2, 0) is 6.54 Å². The Labute approximate surface area is 112 Å². The van der Waals surface area contributed by atoms with Gasteiger partial charge in [0.2, 0.25) is 11.6 Å². The van der Waals surface area contributed by atoms with E-state index in [1.54, 1.807) is 19.1 Å². The molecule has 0 aliphatic carbocycles. The number of rotatable bonds is 4. The van der Waals surface area contributed by atoms with Crippen molar-refractivity contribution in [1.82, 2.24) is 20.2 Å². The summed E-state index contributed by atoms with van der Waals surface area (Å²) in [7, 11) is 0. The van der Waals surface area contributed by atoms with Crippen molar-refractivity contribution in [2.75, 3.05) is 0 Å². The van der Waals surface area contributed by atoms with Crippen LogP contribution in [0.15, 0.2) is 33.3 Å². The zero-order valence-electron chi connectivity index (χ0n) is 10.5. The van der Waals surface area contributed by atoms with Gasteiger partial charge in [0.05, 0.1) is 12.8 Å². The van der Waals surface area contributed by atoms with Crippen molar-refractivity contribution >= 4 is 5.97 Å². The van der Waals surface area contributed by atoms with Crippen LogP contribution in [0.1, 0.15) is 21.9 Å². The molecule has 0 spiro atoms. The molecule has 1 N–H and O–H groups in total. The number of carbonyl (C=O) groups is 1. The second-order valence-corrected chi connectivity index (χ2v) is 4.12. The summed E-state index contributed by atoms with van der Waals surface area (Å²) < 4.78 is 10.3. The fourth-order valence-electron chi connectivity index (χ4n) is 1.75. The van der Waals surface area contributed by atoms with Gasteiger partial charge in [-0.15, -0.1) is 10.2 Å². The molecule has 0 atom stereocenters. The third kappa shape index (κ3) is 2.18. The number of hydrogen-bond donors (Lipinski definition) is 1. The summed E-state index contributed by atoms with van der Waals surface area (Å²) in [4.78, 5) is 12.2. The quantitative estimate of drug-likeness (QED) is 0.769. The van der Waals surface area contributed by atoms with Crippen LogP contribution < -0.4 is 0 Å². The van der Waals surface area contributed by atoms with E-state index >= 15 is 0 Å². The highest BCUT2D eigenvalue weighted by atomic mass is 16.4. The predicted molar refractivity (Wildman–Crippen MR) is 65.0 cm³/mol. The Kier molecular flexibility index (Phi) is 2.82. The Balaban J connectivity index is 1.83. The van der Waals surface area contributed by atoms with Crippen LogP contribution >= 0.6 is 0 Å². The van der Waals surface area contributed by atoms with Crippen LogP contribution in [0.3, 0.4) is 0 Å². The Bertz CT molecular complexity index is 741. The first-order valence-corrected chi connectivity index (χ1v) is 5.78. The number of aromatic carboxylic acids is 1. The van der Waals surface area contributed by atoms with Crippen LogP contribution in [0.4, 0.5) is 0 Å². The summed E-state index contributed by atoms with van der Waals surface area (Å²) in [5.74, 6) is 0.186. The van der Waals surface area contributed by atoms with Gasteiger partial charge in [0.15, 0.2) is 5.76 Å². The van der Waals surface area contributed by atoms with Crippen molar-refractivity contribution in [3.63, 3.8) is 0 Å². The maximum Gasteiger partial charge on any atom is 0.371 e. The molecule has 0 amide bonds. The number of aryl methyl sites for hydroxylation is 1. The summed E-state index contributed by atoms with van der Waals surface area (Å²) in [6.45, 7) is 1.96. The molecular formula is C12H10N4O4. The van der Waals surface area contributed by atoms with Crippen LogP contribution in [-0.4, -0.2) is 31.3 Å². The fourth-order valence-corrected chi connectivity index (χ4v) is 1.75. The highest BCUT2D eigenvalue weighted by molar-refractivity contribution is 5.84. The Morgan fingerprint density at radius 2 is 2.35 bits per heavy atom. The van der Waals surface area contributed by atoms with Gasteiger partial charge in [-0.05, 0) is 30.3 Å². The zero-order chi connectivity index (χ0) is 14.1. The summed E-state index contributed by atoms with van der Waals surface area (Å²) >= 11 is 0. The van der Waals surface area contributed by atoms with Gasteiger partial charge in [-0.3, -0.25) is 0 Å². The van der Waals surface area contributed by atoms with Crippen molar-refractivity contribution in [3.8, 4) is 11.6 Å². The van der Waals surface area contributed by atoms with Gasteiger partial charge in [-0.2, -0.15) is 4.80 Å². The van der Waals surface area contributed by atoms with E-state index in [0.29, 0.717) is 22.9 Å². The van der Waals surface area contributed by atoms with E-state index in [9.17, 15) is 4.79 Å². The standard InChI is InChI=1S/C12H10N4O4/c1-7-8(5-10(20-7)12(17)18)6-16-14-11(13-15-16)9-3-2-4-19-9/h2-5H,6H2,1H3,(H,17,18). The highest BCUT2D eigenvalue weighted by Gasteiger charge is 2.15. The summed E-state index contributed by atoms with van der Waals surface area (Å²) in [6.07, 6.45) is 1.52. The number of hydrogen-bond acceptors (Lipinski definition) is 6. The van der Waals surface area contributed by atoms with E-state index in [-0.39, 0.29) is 12.3 Å². The molecule has 0 radical (unpaired) electrons. The molecule has 3 heterocycles. The number of carboxylic acid groups (broad SMARTS) is 1. The molecule has 0 saturated carbocycles. The van der Waals surface area contributed by atoms with Crippen LogP contribution in [0.25, 0.3) is 11.6 Å². The largest absolute Gasteiger partial charge is 0.475 e. The maximum absolute atomic E-state index is 10.8. The number of carboxylic acids is 1. The van der Waals surface area contributed by atoms with Gasteiger partial charge in [0, 0.05) is 5.56 Å². The molecule has 0 fully saturated rings. The molecule has 8 nitrogen and oxygen atoms in total. The van der Waals surface area contributed by atoms with Crippen molar-refractivity contribution in [2.45, 2.75) is 13.5 Å². The summed E-state index contributed by atoms with van der Waals surface area (Å²) in [5.41, 5.74) is 0.686. The van der Waals surface area contributed by atoms with Gasteiger partial charge in [0.25, 0.3) is 0 Å². The molecule has 0 aromatic carbocycles. The maximum atomic E-state index is 10.8. The lowest BCUT2D eigenvalue weighted by atomic mass is 10.2. The molecule has 3 rings (SSSR count). The first-order chi connectivity index (χ1) is 9.63. The Morgan fingerprint density at radius 3 is 3.00 bits per heavy atom. The Morgan fingerprint density at radius 1 is 1.50 bits per heavy atom. The van der Waals surface area contributed by atoms with E-state index in [0.717, 1.165) is 0 Å². The topological polar surface area (TPSA) is 107 Å². The van der Waals surface area contributed by atoms with E-state index in [1.807, 2.05) is 0 Å². The fraction of sp³-hybridized carbons (Fsp3) is 0.167. The second-order valence-electron chi connectivity index (χ2n) is 4.12. The van der Waals surface area contributed by atoms with Crippen LogP contribution in [0.5, 0.6) is 0 Å². The normalized spacial score (nSPS) is 10.8. The van der Waals surface area contributed by atoms with Crippen molar-refractivity contribution in [2.24, 2.45) is 0 Å². The van der Waals surface area contributed by atoms with E-state index < -0.39 is 5.97 Å². The first-order valence-electron chi connectivity index (χ1n) is 5.78. The first kappa shape index (κ1) is 12.2. The van der Waals surface area contributed by atoms with Gasteiger partial charge in [-0.1, -0.05) is 0 Å².